The average Bonchev–Trinajstić information content (AvgIpc) is 3.02. The van der Waals surface area contributed by atoms with Gasteiger partial charge in [0.05, 0.1) is 5.71 Å². The second-order valence-corrected chi connectivity index (χ2v) is 5.32. The fourth-order valence-corrected chi connectivity index (χ4v) is 3.18. The van der Waals surface area contributed by atoms with E-state index < -0.39 is 0 Å². The van der Waals surface area contributed by atoms with Crippen molar-refractivity contribution < 1.29 is 4.74 Å². The van der Waals surface area contributed by atoms with Crippen LogP contribution in [-0.2, 0) is 0 Å². The zero-order chi connectivity index (χ0) is 11.9. The van der Waals surface area contributed by atoms with Crippen LogP contribution in [0, 0.1) is 5.92 Å². The van der Waals surface area contributed by atoms with Gasteiger partial charge in [-0.05, 0) is 11.6 Å². The summed E-state index contributed by atoms with van der Waals surface area (Å²) in [6.45, 7) is 3.24. The number of fused-ring (bicyclic) bond motifs is 2. The van der Waals surface area contributed by atoms with Crippen LogP contribution in [0.25, 0.3) is 5.70 Å². The molecule has 5 rings (SSSR count). The van der Waals surface area contributed by atoms with Crippen LogP contribution in [0.4, 0.5) is 0 Å². The molecule has 3 unspecified atom stereocenters. The number of nitrogens with one attached hydrogen (secondary N) is 2. The van der Waals surface area contributed by atoms with Gasteiger partial charge < -0.3 is 10.1 Å². The maximum atomic E-state index is 5.96. The summed E-state index contributed by atoms with van der Waals surface area (Å²) < 4.78 is 5.96. The molecule has 1 aromatic carbocycles. The molecule has 0 radical (unpaired) electrons. The zero-order valence-corrected chi connectivity index (χ0v) is 10.0. The summed E-state index contributed by atoms with van der Waals surface area (Å²) in [6.07, 6.45) is 0.222. The van der Waals surface area contributed by atoms with Gasteiger partial charge in [0, 0.05) is 29.3 Å². The number of hydrogen-bond donors (Lipinski definition) is 2. The molecule has 3 heterocycles. The van der Waals surface area contributed by atoms with Gasteiger partial charge in [0.1, 0.15) is 5.75 Å². The monoisotopic (exact) mass is 239 g/mol. The molecule has 18 heavy (non-hydrogen) atoms. The van der Waals surface area contributed by atoms with E-state index in [4.69, 9.17) is 9.73 Å². The van der Waals surface area contributed by atoms with Crippen LogP contribution < -0.4 is 15.4 Å². The second-order valence-electron chi connectivity index (χ2n) is 5.32. The summed E-state index contributed by atoms with van der Waals surface area (Å²) in [5.41, 5.74) is 6.43. The van der Waals surface area contributed by atoms with Crippen molar-refractivity contribution >= 4 is 11.4 Å². The lowest BCUT2D eigenvalue weighted by atomic mass is 9.77. The zero-order valence-electron chi connectivity index (χ0n) is 10.0. The molecule has 4 nitrogen and oxygen atoms in total. The first-order valence-corrected chi connectivity index (χ1v) is 6.44. The molecule has 0 spiro atoms. The highest BCUT2D eigenvalue weighted by atomic mass is 16.5. The molecule has 1 aromatic rings. The normalized spacial score (nSPS) is 33.8. The lowest BCUT2D eigenvalue weighted by Crippen LogP contribution is -2.39. The predicted molar refractivity (Wildman–Crippen MR) is 68.4 cm³/mol. The topological polar surface area (TPSA) is 55.6 Å². The maximum Gasteiger partial charge on any atom is 0.187 e. The molecule has 0 aromatic heterocycles. The number of aliphatic imine (C=N–C) groups is 1. The van der Waals surface area contributed by atoms with Crippen molar-refractivity contribution in [3.8, 4) is 5.75 Å². The minimum atomic E-state index is 0.0717. The lowest BCUT2D eigenvalue weighted by Gasteiger charge is -2.37. The standard InChI is InChI=1S/C14H13N3O/c1-6-8-5-15-12(8)7-3-2-4-9-10(7)11(6)16-13-14(17-13)18-9/h2-4,6,13-15,17H,5H2,1H3. The molecule has 4 heteroatoms. The number of nitrogens with zero attached hydrogens (tertiary/aromatic N) is 1. The quantitative estimate of drug-likeness (QED) is 0.666. The molecule has 3 aliphatic heterocycles. The van der Waals surface area contributed by atoms with E-state index in [1.807, 2.05) is 6.07 Å². The number of rotatable bonds is 0. The van der Waals surface area contributed by atoms with Gasteiger partial charge in [-0.2, -0.15) is 0 Å². The third kappa shape index (κ3) is 0.942. The van der Waals surface area contributed by atoms with Crippen LogP contribution >= 0.6 is 0 Å². The Morgan fingerprint density at radius 3 is 3.17 bits per heavy atom. The Kier molecular flexibility index (Phi) is 1.41. The van der Waals surface area contributed by atoms with Crippen molar-refractivity contribution in [1.82, 2.24) is 10.6 Å². The third-order valence-corrected chi connectivity index (χ3v) is 4.31. The minimum Gasteiger partial charge on any atom is -0.471 e. The van der Waals surface area contributed by atoms with E-state index >= 15 is 0 Å². The molecule has 1 aliphatic carbocycles. The van der Waals surface area contributed by atoms with Crippen LogP contribution in [0.2, 0.25) is 0 Å². The highest BCUT2D eigenvalue weighted by Gasteiger charge is 2.45. The van der Waals surface area contributed by atoms with Gasteiger partial charge in [-0.25, -0.2) is 0 Å². The molecular weight excluding hydrogens is 226 g/mol. The summed E-state index contributed by atoms with van der Waals surface area (Å²) >= 11 is 0. The first-order chi connectivity index (χ1) is 8.83. The molecular formula is C14H13N3O. The van der Waals surface area contributed by atoms with Gasteiger partial charge in [-0.3, -0.25) is 10.3 Å². The smallest absolute Gasteiger partial charge is 0.187 e. The molecule has 0 bridgehead atoms. The summed E-state index contributed by atoms with van der Waals surface area (Å²) in [6, 6.07) is 6.28. The highest BCUT2D eigenvalue weighted by molar-refractivity contribution is 6.13. The van der Waals surface area contributed by atoms with Crippen LogP contribution in [-0.4, -0.2) is 24.7 Å². The number of hydrogen-bond acceptors (Lipinski definition) is 4. The highest BCUT2D eigenvalue weighted by Crippen LogP contribution is 2.44. The Labute approximate surface area is 105 Å². The van der Waals surface area contributed by atoms with E-state index in [9.17, 15) is 0 Å². The van der Waals surface area contributed by atoms with Crippen molar-refractivity contribution in [3.63, 3.8) is 0 Å². The largest absolute Gasteiger partial charge is 0.471 e. The Hall–Kier alpha value is -1.81. The van der Waals surface area contributed by atoms with E-state index in [0.717, 1.165) is 12.3 Å². The van der Waals surface area contributed by atoms with Crippen molar-refractivity contribution in [1.29, 1.82) is 0 Å². The SMILES string of the molecule is CC1C2=NC3NC3Oc3cccc(c32)C2=C1CN2. The molecule has 0 saturated carbocycles. The lowest BCUT2D eigenvalue weighted by molar-refractivity contribution is 0.291. The Morgan fingerprint density at radius 1 is 1.39 bits per heavy atom. The van der Waals surface area contributed by atoms with Crippen molar-refractivity contribution in [3.05, 3.63) is 34.9 Å². The Morgan fingerprint density at radius 2 is 2.33 bits per heavy atom. The predicted octanol–water partition coefficient (Wildman–Crippen LogP) is 1.09. The third-order valence-electron chi connectivity index (χ3n) is 4.31. The minimum absolute atomic E-state index is 0.0717. The van der Waals surface area contributed by atoms with Gasteiger partial charge in [-0.1, -0.05) is 19.1 Å². The second kappa shape index (κ2) is 2.78. The molecule has 0 amide bonds. The van der Waals surface area contributed by atoms with E-state index in [2.05, 4.69) is 29.7 Å². The van der Waals surface area contributed by atoms with Gasteiger partial charge in [0.15, 0.2) is 12.4 Å². The van der Waals surface area contributed by atoms with Gasteiger partial charge in [0.25, 0.3) is 0 Å². The first kappa shape index (κ1) is 9.16. The van der Waals surface area contributed by atoms with Crippen molar-refractivity contribution in [2.75, 3.05) is 6.54 Å². The van der Waals surface area contributed by atoms with Gasteiger partial charge >= 0.3 is 0 Å². The van der Waals surface area contributed by atoms with E-state index in [0.29, 0.717) is 5.92 Å². The number of benzene rings is 1. The molecule has 1 saturated heterocycles. The van der Waals surface area contributed by atoms with Crippen LogP contribution in [0.5, 0.6) is 5.75 Å². The van der Waals surface area contributed by atoms with Crippen molar-refractivity contribution in [2.24, 2.45) is 10.9 Å². The van der Waals surface area contributed by atoms with Gasteiger partial charge in [-0.15, -0.1) is 0 Å². The molecule has 2 N–H and O–H groups in total. The van der Waals surface area contributed by atoms with Crippen molar-refractivity contribution in [2.45, 2.75) is 19.3 Å². The van der Waals surface area contributed by atoms with Crippen LogP contribution in [0.3, 0.4) is 0 Å². The van der Waals surface area contributed by atoms with Crippen LogP contribution in [0.15, 0.2) is 28.8 Å². The molecule has 1 fully saturated rings. The van der Waals surface area contributed by atoms with E-state index in [1.54, 1.807) is 0 Å². The van der Waals surface area contributed by atoms with E-state index in [-0.39, 0.29) is 12.4 Å². The summed E-state index contributed by atoms with van der Waals surface area (Å²) in [5.74, 6) is 1.37. The summed E-state index contributed by atoms with van der Waals surface area (Å²) in [5, 5.41) is 6.67. The fourth-order valence-electron chi connectivity index (χ4n) is 3.18. The average molecular weight is 239 g/mol. The fraction of sp³-hybridized carbons (Fsp3) is 0.357. The van der Waals surface area contributed by atoms with Gasteiger partial charge in [0.2, 0.25) is 0 Å². The molecule has 4 aliphatic rings. The Bertz CT molecular complexity index is 646. The maximum absolute atomic E-state index is 5.96. The first-order valence-electron chi connectivity index (χ1n) is 6.44. The van der Waals surface area contributed by atoms with Crippen LogP contribution in [0.1, 0.15) is 18.1 Å². The molecule has 90 valence electrons. The summed E-state index contributed by atoms with van der Waals surface area (Å²) in [4.78, 5) is 4.84. The summed E-state index contributed by atoms with van der Waals surface area (Å²) in [7, 11) is 0. The molecule has 3 atom stereocenters. The van der Waals surface area contributed by atoms with E-state index in [1.165, 1.54) is 28.1 Å². The Balaban J connectivity index is 1.86. The number of ether oxygens (including phenoxy) is 1.